The van der Waals surface area contributed by atoms with Gasteiger partial charge in [-0.25, -0.2) is 10.0 Å². The largest absolute Gasteiger partial charge is 0.598 e. The quantitative estimate of drug-likeness (QED) is 0.362. The Morgan fingerprint density at radius 2 is 1.41 bits per heavy atom. The fraction of sp³-hybridized carbons (Fsp3) is 0.130. The Kier molecular flexibility index (Phi) is 5.72. The Hall–Kier alpha value is -2.92. The van der Waals surface area contributed by atoms with E-state index >= 15 is 0 Å². The summed E-state index contributed by atoms with van der Waals surface area (Å²) in [7, 11) is 0. The van der Waals surface area contributed by atoms with Gasteiger partial charge in [-0.05, 0) is 41.8 Å². The van der Waals surface area contributed by atoms with Crippen LogP contribution in [0.25, 0.3) is 5.57 Å². The molecule has 2 atom stereocenters. The monoisotopic (exact) mass is 360 g/mol. The van der Waals surface area contributed by atoms with E-state index in [1.54, 1.807) is 31.2 Å². The molecule has 0 amide bonds. The fourth-order valence-electron chi connectivity index (χ4n) is 3.03. The van der Waals surface area contributed by atoms with Crippen LogP contribution in [0.5, 0.6) is 0 Å². The minimum absolute atomic E-state index is 0.0648. The summed E-state index contributed by atoms with van der Waals surface area (Å²) in [5.74, 6) is 0. The third-order valence-electron chi connectivity index (χ3n) is 4.75. The molecule has 0 fully saturated rings. The molecular weight excluding hydrogens is 336 g/mol. The maximum atomic E-state index is 12.9. The molecule has 3 rings (SSSR count). The van der Waals surface area contributed by atoms with Gasteiger partial charge in [-0.15, -0.1) is 0 Å². The minimum Gasteiger partial charge on any atom is -0.598 e. The summed E-state index contributed by atoms with van der Waals surface area (Å²) >= 11 is 0. The number of hydrogen-bond donors (Lipinski definition) is 2. The van der Waals surface area contributed by atoms with Gasteiger partial charge in [0.05, 0.1) is 0 Å². The Labute approximate surface area is 159 Å². The van der Waals surface area contributed by atoms with Crippen LogP contribution in [0.3, 0.4) is 0 Å². The summed E-state index contributed by atoms with van der Waals surface area (Å²) in [5, 5.41) is 23.4. The number of nitrogen functional groups attached to an aromatic ring is 1. The molecule has 0 aliphatic carbocycles. The summed E-state index contributed by atoms with van der Waals surface area (Å²) in [5.41, 5.74) is 10.0. The van der Waals surface area contributed by atoms with E-state index in [2.05, 4.69) is 0 Å². The molecule has 0 bridgehead atoms. The van der Waals surface area contributed by atoms with Crippen LogP contribution in [0.1, 0.15) is 29.7 Å². The number of benzene rings is 3. The number of nitrogens with two attached hydrogens (primary N) is 1. The van der Waals surface area contributed by atoms with Gasteiger partial charge in [-0.3, -0.25) is 0 Å². The first-order chi connectivity index (χ1) is 13.0. The zero-order valence-corrected chi connectivity index (χ0v) is 15.3. The SMILES string of the molecule is C[C@H](c1ccc(N)cc1)[N+]([O-])(O)CC=C(c1ccccc1)c1ccccc1. The predicted octanol–water partition coefficient (Wildman–Crippen LogP) is 5.17. The summed E-state index contributed by atoms with van der Waals surface area (Å²) in [4.78, 5) is -1.38. The first-order valence-electron chi connectivity index (χ1n) is 8.95. The number of anilines is 1. The van der Waals surface area contributed by atoms with Crippen molar-refractivity contribution in [3.05, 3.63) is 113 Å². The second-order valence-electron chi connectivity index (χ2n) is 6.63. The zero-order chi connectivity index (χ0) is 19.3. The first kappa shape index (κ1) is 18.9. The number of nitrogens with zero attached hydrogens (tertiary/aromatic N) is 1. The fourth-order valence-corrected chi connectivity index (χ4v) is 3.03. The van der Waals surface area contributed by atoms with Crippen LogP contribution in [-0.2, 0) is 0 Å². The van der Waals surface area contributed by atoms with E-state index < -0.39 is 10.9 Å². The van der Waals surface area contributed by atoms with Crippen LogP contribution in [0.15, 0.2) is 91.0 Å². The van der Waals surface area contributed by atoms with Crippen molar-refractivity contribution in [1.82, 2.24) is 0 Å². The molecule has 1 unspecified atom stereocenters. The van der Waals surface area contributed by atoms with Crippen molar-refractivity contribution in [1.29, 1.82) is 0 Å². The lowest BCUT2D eigenvalue weighted by molar-refractivity contribution is -1.08. The molecule has 0 spiro atoms. The number of hydrogen-bond acceptors (Lipinski definition) is 3. The third kappa shape index (κ3) is 4.63. The molecule has 4 nitrogen and oxygen atoms in total. The molecule has 0 aromatic heterocycles. The average molecular weight is 360 g/mol. The van der Waals surface area contributed by atoms with E-state index in [0.717, 1.165) is 22.3 Å². The highest BCUT2D eigenvalue weighted by Gasteiger charge is 2.24. The third-order valence-corrected chi connectivity index (χ3v) is 4.75. The number of hydroxylamine groups is 4. The van der Waals surface area contributed by atoms with Gasteiger partial charge in [0.15, 0.2) is 0 Å². The first-order valence-corrected chi connectivity index (χ1v) is 8.95. The molecule has 3 aromatic carbocycles. The molecule has 3 N–H and O–H groups in total. The summed E-state index contributed by atoms with van der Waals surface area (Å²) in [6, 6.07) is 26.1. The molecule has 27 heavy (non-hydrogen) atoms. The normalized spacial score (nSPS) is 14.2. The van der Waals surface area contributed by atoms with E-state index in [-0.39, 0.29) is 6.54 Å². The molecule has 3 aromatic rings. The summed E-state index contributed by atoms with van der Waals surface area (Å²) < 4.78 is 0. The van der Waals surface area contributed by atoms with Crippen LogP contribution in [0.2, 0.25) is 0 Å². The highest BCUT2D eigenvalue weighted by molar-refractivity contribution is 5.79. The van der Waals surface area contributed by atoms with Crippen molar-refractivity contribution < 1.29 is 10.0 Å². The van der Waals surface area contributed by atoms with Crippen molar-refractivity contribution in [3.63, 3.8) is 0 Å². The maximum Gasteiger partial charge on any atom is 0.141 e. The molecule has 0 saturated heterocycles. The van der Waals surface area contributed by atoms with Gasteiger partial charge in [-0.2, -0.15) is 0 Å². The smallest absolute Gasteiger partial charge is 0.141 e. The van der Waals surface area contributed by atoms with Crippen molar-refractivity contribution in [2.24, 2.45) is 0 Å². The van der Waals surface area contributed by atoms with Crippen molar-refractivity contribution in [2.45, 2.75) is 13.0 Å². The lowest BCUT2D eigenvalue weighted by Crippen LogP contribution is -2.41. The molecule has 4 heteroatoms. The molecule has 0 saturated carbocycles. The molecule has 0 heterocycles. The Balaban J connectivity index is 1.90. The standard InChI is InChI=1S/C23H24N2O2/c1-18(19-12-14-22(24)15-13-19)25(26,27)17-16-23(20-8-4-2-5-9-20)21-10-6-3-7-11-21/h2-16,18,26H,17,24H2,1H3/t18-/m1/s1. The van der Waals surface area contributed by atoms with Gasteiger partial charge in [0.2, 0.25) is 0 Å². The van der Waals surface area contributed by atoms with E-state index in [1.165, 1.54) is 0 Å². The Morgan fingerprint density at radius 3 is 1.89 bits per heavy atom. The molecule has 0 aliphatic rings. The van der Waals surface area contributed by atoms with Crippen molar-refractivity contribution in [2.75, 3.05) is 12.3 Å². The minimum atomic E-state index is -1.38. The highest BCUT2D eigenvalue weighted by atomic mass is 16.8. The number of rotatable bonds is 6. The Bertz CT molecular complexity index is 847. The van der Waals surface area contributed by atoms with Gasteiger partial charge in [0.1, 0.15) is 12.6 Å². The van der Waals surface area contributed by atoms with Crippen LogP contribution >= 0.6 is 0 Å². The molecular formula is C23H24N2O2. The predicted molar refractivity (Wildman–Crippen MR) is 110 cm³/mol. The lowest BCUT2D eigenvalue weighted by Gasteiger charge is -2.38. The number of quaternary nitrogens is 1. The van der Waals surface area contributed by atoms with Crippen LogP contribution < -0.4 is 5.73 Å². The van der Waals surface area contributed by atoms with Gasteiger partial charge in [-0.1, -0.05) is 72.8 Å². The van der Waals surface area contributed by atoms with Gasteiger partial charge < -0.3 is 10.9 Å². The van der Waals surface area contributed by atoms with E-state index in [9.17, 15) is 10.4 Å². The van der Waals surface area contributed by atoms with Crippen molar-refractivity contribution >= 4 is 11.3 Å². The second kappa shape index (κ2) is 8.18. The van der Waals surface area contributed by atoms with E-state index in [1.807, 2.05) is 66.7 Å². The summed E-state index contributed by atoms with van der Waals surface area (Å²) in [6.45, 7) is 1.65. The van der Waals surface area contributed by atoms with Crippen LogP contribution in [-0.4, -0.2) is 16.6 Å². The second-order valence-corrected chi connectivity index (χ2v) is 6.63. The summed E-state index contributed by atoms with van der Waals surface area (Å²) in [6.07, 6.45) is 1.81. The molecule has 0 radical (unpaired) electrons. The Morgan fingerprint density at radius 1 is 0.926 bits per heavy atom. The van der Waals surface area contributed by atoms with Crippen LogP contribution in [0.4, 0.5) is 5.69 Å². The van der Waals surface area contributed by atoms with Crippen molar-refractivity contribution in [3.8, 4) is 0 Å². The molecule has 0 aliphatic heterocycles. The van der Waals surface area contributed by atoms with E-state index in [0.29, 0.717) is 5.69 Å². The zero-order valence-electron chi connectivity index (χ0n) is 15.3. The average Bonchev–Trinajstić information content (AvgIpc) is 2.70. The van der Waals surface area contributed by atoms with Gasteiger partial charge in [0.25, 0.3) is 0 Å². The molecule has 138 valence electrons. The van der Waals surface area contributed by atoms with Gasteiger partial charge in [0, 0.05) is 11.3 Å². The topological polar surface area (TPSA) is 69.3 Å². The maximum absolute atomic E-state index is 12.9. The van der Waals surface area contributed by atoms with Gasteiger partial charge >= 0.3 is 0 Å². The van der Waals surface area contributed by atoms with E-state index in [4.69, 9.17) is 5.73 Å². The lowest BCUT2D eigenvalue weighted by atomic mass is 9.97. The highest BCUT2D eigenvalue weighted by Crippen LogP contribution is 2.28. The van der Waals surface area contributed by atoms with Crippen LogP contribution in [0, 0.1) is 5.21 Å².